The summed E-state index contributed by atoms with van der Waals surface area (Å²) in [5.74, 6) is 0.552. The number of ether oxygens (including phenoxy) is 2. The number of aryl methyl sites for hydroxylation is 1. The molecule has 2 aliphatic carbocycles. The van der Waals surface area contributed by atoms with Crippen molar-refractivity contribution in [1.29, 1.82) is 0 Å². The second-order valence-corrected chi connectivity index (χ2v) is 10.4. The molecular weight excluding hydrogens is 434 g/mol. The molecule has 2 amide bonds. The van der Waals surface area contributed by atoms with Gasteiger partial charge in [0.25, 0.3) is 10.0 Å². The van der Waals surface area contributed by atoms with Crippen LogP contribution in [0.4, 0.5) is 10.5 Å². The summed E-state index contributed by atoms with van der Waals surface area (Å²) in [6, 6.07) is -0.792. The number of nitrogens with one attached hydrogen (secondary N) is 2. The van der Waals surface area contributed by atoms with Crippen molar-refractivity contribution in [2.24, 2.45) is 5.92 Å². The quantitative estimate of drug-likeness (QED) is 0.698. The van der Waals surface area contributed by atoms with E-state index in [9.17, 15) is 13.2 Å². The molecule has 2 N–H and O–H groups in total. The van der Waals surface area contributed by atoms with Gasteiger partial charge in [0.2, 0.25) is 5.88 Å². The van der Waals surface area contributed by atoms with Crippen molar-refractivity contribution >= 4 is 21.7 Å². The zero-order valence-electron chi connectivity index (χ0n) is 18.2. The van der Waals surface area contributed by atoms with Crippen LogP contribution in [0.1, 0.15) is 48.2 Å². The molecule has 0 bridgehead atoms. The Morgan fingerprint density at radius 1 is 1.31 bits per heavy atom. The number of sulfonamides is 1. The predicted octanol–water partition coefficient (Wildman–Crippen LogP) is 1.98. The molecule has 0 saturated heterocycles. The Balaban J connectivity index is 1.37. The fraction of sp³-hybridized carbons (Fsp3) is 0.571. The Hall–Kier alpha value is -2.66. The molecule has 10 nitrogen and oxygen atoms in total. The summed E-state index contributed by atoms with van der Waals surface area (Å²) in [5.41, 5.74) is 4.83. The van der Waals surface area contributed by atoms with E-state index in [1.807, 2.05) is 0 Å². The van der Waals surface area contributed by atoms with Gasteiger partial charge in [0.15, 0.2) is 4.90 Å². The van der Waals surface area contributed by atoms with Crippen LogP contribution in [0.3, 0.4) is 0 Å². The summed E-state index contributed by atoms with van der Waals surface area (Å²) in [5, 5.41) is 6.96. The molecule has 2 aromatic rings. The summed E-state index contributed by atoms with van der Waals surface area (Å²) in [6.45, 7) is 3.43. The van der Waals surface area contributed by atoms with Gasteiger partial charge in [-0.25, -0.2) is 22.6 Å². The maximum absolute atomic E-state index is 13.0. The average molecular weight is 462 g/mol. The number of fused-ring (bicyclic) bond motifs is 3. The number of carbonyl (C=O) groups excluding carboxylic acids is 1. The summed E-state index contributed by atoms with van der Waals surface area (Å²) < 4.78 is 40.3. The first-order valence-electron chi connectivity index (χ1n) is 10.9. The number of aromatic nitrogens is 3. The van der Waals surface area contributed by atoms with Gasteiger partial charge in [-0.15, -0.1) is 0 Å². The van der Waals surface area contributed by atoms with Crippen LogP contribution in [-0.2, 0) is 40.6 Å². The molecule has 2 atom stereocenters. The first kappa shape index (κ1) is 21.2. The zero-order valence-corrected chi connectivity index (χ0v) is 19.0. The lowest BCUT2D eigenvalue weighted by Crippen LogP contribution is -2.36. The van der Waals surface area contributed by atoms with E-state index in [0.29, 0.717) is 25.7 Å². The van der Waals surface area contributed by atoms with Gasteiger partial charge in [0.1, 0.15) is 0 Å². The van der Waals surface area contributed by atoms with Gasteiger partial charge >= 0.3 is 6.03 Å². The highest BCUT2D eigenvalue weighted by atomic mass is 32.2. The minimum absolute atomic E-state index is 0.0810. The third-order valence-corrected chi connectivity index (χ3v) is 7.77. The van der Waals surface area contributed by atoms with E-state index in [-0.39, 0.29) is 16.7 Å². The van der Waals surface area contributed by atoms with Gasteiger partial charge < -0.3 is 14.8 Å². The van der Waals surface area contributed by atoms with Gasteiger partial charge in [-0.2, -0.15) is 5.10 Å². The van der Waals surface area contributed by atoms with Crippen LogP contribution in [0, 0.1) is 5.92 Å². The van der Waals surface area contributed by atoms with Crippen LogP contribution in [0.15, 0.2) is 11.1 Å². The molecule has 0 spiro atoms. The van der Waals surface area contributed by atoms with Crippen molar-refractivity contribution < 1.29 is 22.7 Å². The maximum atomic E-state index is 13.0. The fourth-order valence-corrected chi connectivity index (χ4v) is 5.90. The molecule has 0 radical (unpaired) electrons. The van der Waals surface area contributed by atoms with Crippen LogP contribution in [0.2, 0.25) is 0 Å². The van der Waals surface area contributed by atoms with Crippen molar-refractivity contribution in [1.82, 2.24) is 19.5 Å². The Kier molecular flexibility index (Phi) is 5.32. The SMILES string of the molecule is COCC1COc2c(S(=O)(=O)NC(=O)Nc3c4c(nc5c3CCC5C)CCC4)cnn2C1. The number of carbonyl (C=O) groups is 1. The van der Waals surface area contributed by atoms with Gasteiger partial charge in [0, 0.05) is 24.4 Å². The summed E-state index contributed by atoms with van der Waals surface area (Å²) >= 11 is 0. The molecule has 5 rings (SSSR count). The molecule has 2 aromatic heterocycles. The van der Waals surface area contributed by atoms with Crippen LogP contribution in [0.5, 0.6) is 5.88 Å². The van der Waals surface area contributed by atoms with Crippen LogP contribution in [0.25, 0.3) is 0 Å². The van der Waals surface area contributed by atoms with E-state index in [2.05, 4.69) is 22.1 Å². The highest BCUT2D eigenvalue weighted by molar-refractivity contribution is 7.90. The molecule has 2 unspecified atom stereocenters. The molecule has 172 valence electrons. The predicted molar refractivity (Wildman–Crippen MR) is 115 cm³/mol. The van der Waals surface area contributed by atoms with Gasteiger partial charge in [-0.3, -0.25) is 4.98 Å². The number of urea groups is 1. The van der Waals surface area contributed by atoms with Crippen molar-refractivity contribution in [3.63, 3.8) is 0 Å². The molecule has 3 heterocycles. The monoisotopic (exact) mass is 461 g/mol. The van der Waals surface area contributed by atoms with Gasteiger partial charge in [-0.05, 0) is 49.1 Å². The topological polar surface area (TPSA) is 124 Å². The first-order chi connectivity index (χ1) is 15.4. The van der Waals surface area contributed by atoms with Crippen molar-refractivity contribution in [3.8, 4) is 5.88 Å². The average Bonchev–Trinajstić information content (AvgIpc) is 3.46. The van der Waals surface area contributed by atoms with Gasteiger partial charge in [-0.1, -0.05) is 6.92 Å². The van der Waals surface area contributed by atoms with Crippen LogP contribution >= 0.6 is 0 Å². The third kappa shape index (κ3) is 3.62. The number of methoxy groups -OCH3 is 1. The summed E-state index contributed by atoms with van der Waals surface area (Å²) in [4.78, 5) is 17.5. The van der Waals surface area contributed by atoms with E-state index >= 15 is 0 Å². The highest BCUT2D eigenvalue weighted by Crippen LogP contribution is 2.41. The lowest BCUT2D eigenvalue weighted by Gasteiger charge is -2.24. The number of rotatable bonds is 5. The van der Waals surface area contributed by atoms with E-state index in [1.54, 1.807) is 7.11 Å². The molecule has 0 saturated carbocycles. The molecule has 0 fully saturated rings. The standard InChI is InChI=1S/C21H27N5O5S/c1-12-6-7-15-18(12)23-16-5-3-4-14(16)19(15)24-21(27)25-32(28,29)17-8-22-26-9-13(10-30-2)11-31-20(17)26/h8,12-13H,3-7,9-11H2,1-2H3,(H2,23,24,25,27). The van der Waals surface area contributed by atoms with Gasteiger partial charge in [0.05, 0.1) is 31.6 Å². The molecule has 3 aliphatic rings. The largest absolute Gasteiger partial charge is 0.476 e. The van der Waals surface area contributed by atoms with Crippen molar-refractivity contribution in [2.75, 3.05) is 25.6 Å². The number of hydrogen-bond acceptors (Lipinski definition) is 7. The smallest absolute Gasteiger partial charge is 0.333 e. The molecular formula is C21H27N5O5S. The highest BCUT2D eigenvalue weighted by Gasteiger charge is 2.33. The van der Waals surface area contributed by atoms with Crippen LogP contribution in [-0.4, -0.2) is 49.5 Å². The Morgan fingerprint density at radius 3 is 2.97 bits per heavy atom. The Labute approximate surface area is 186 Å². The summed E-state index contributed by atoms with van der Waals surface area (Å²) in [6.07, 6.45) is 5.71. The number of nitrogens with zero attached hydrogens (tertiary/aromatic N) is 3. The fourth-order valence-electron chi connectivity index (χ4n) is 4.92. The normalized spacial score (nSPS) is 21.4. The molecule has 0 aromatic carbocycles. The Morgan fingerprint density at radius 2 is 2.16 bits per heavy atom. The Bertz CT molecular complexity index is 1180. The van der Waals surface area contributed by atoms with E-state index < -0.39 is 16.1 Å². The second kappa shape index (κ2) is 8.04. The number of hydrogen-bond donors (Lipinski definition) is 2. The molecule has 1 aliphatic heterocycles. The number of anilines is 1. The third-order valence-electron chi connectivity index (χ3n) is 6.45. The van der Waals surface area contributed by atoms with E-state index in [4.69, 9.17) is 14.5 Å². The molecule has 11 heteroatoms. The van der Waals surface area contributed by atoms with Crippen LogP contribution < -0.4 is 14.8 Å². The van der Waals surface area contributed by atoms with Crippen molar-refractivity contribution in [3.05, 3.63) is 28.7 Å². The number of pyridine rings is 1. The van der Waals surface area contributed by atoms with E-state index in [0.717, 1.165) is 60.3 Å². The lowest BCUT2D eigenvalue weighted by molar-refractivity contribution is 0.0779. The number of amides is 2. The lowest BCUT2D eigenvalue weighted by atomic mass is 10.0. The van der Waals surface area contributed by atoms with E-state index in [1.165, 1.54) is 10.9 Å². The first-order valence-corrected chi connectivity index (χ1v) is 12.4. The zero-order chi connectivity index (χ0) is 22.5. The minimum Gasteiger partial charge on any atom is -0.476 e. The second-order valence-electron chi connectivity index (χ2n) is 8.76. The minimum atomic E-state index is -4.16. The molecule has 32 heavy (non-hydrogen) atoms. The maximum Gasteiger partial charge on any atom is 0.333 e. The van der Waals surface area contributed by atoms with Crippen molar-refractivity contribution in [2.45, 2.75) is 56.4 Å². The summed E-state index contributed by atoms with van der Waals surface area (Å²) in [7, 11) is -2.56.